The van der Waals surface area contributed by atoms with Crippen LogP contribution in [0.2, 0.25) is 0 Å². The van der Waals surface area contributed by atoms with E-state index in [0.29, 0.717) is 22.0 Å². The molecule has 0 saturated carbocycles. The number of benzene rings is 1. The van der Waals surface area contributed by atoms with Crippen molar-refractivity contribution in [3.63, 3.8) is 0 Å². The van der Waals surface area contributed by atoms with E-state index in [2.05, 4.69) is 4.98 Å². The van der Waals surface area contributed by atoms with Gasteiger partial charge in [-0.2, -0.15) is 0 Å². The zero-order chi connectivity index (χ0) is 12.4. The van der Waals surface area contributed by atoms with Gasteiger partial charge in [0.1, 0.15) is 22.3 Å². The molecule has 17 heavy (non-hydrogen) atoms. The van der Waals surface area contributed by atoms with Crippen LogP contribution in [0.3, 0.4) is 0 Å². The molecular weight excluding hydrogens is 241 g/mol. The second-order valence-corrected chi connectivity index (χ2v) is 4.27. The first kappa shape index (κ1) is 11.7. The molecule has 1 aromatic heterocycles. The predicted molar refractivity (Wildman–Crippen MR) is 64.1 cm³/mol. The molecule has 3 nitrogen and oxygen atoms in total. The second-order valence-electron chi connectivity index (χ2n) is 3.41. The number of ether oxygens (including phenoxy) is 1. The van der Waals surface area contributed by atoms with Gasteiger partial charge < -0.3 is 4.74 Å². The van der Waals surface area contributed by atoms with Crippen molar-refractivity contribution in [3.8, 4) is 16.3 Å². The van der Waals surface area contributed by atoms with Crippen molar-refractivity contribution in [2.24, 2.45) is 0 Å². The summed E-state index contributed by atoms with van der Waals surface area (Å²) < 4.78 is 18.8. The largest absolute Gasteiger partial charge is 0.496 e. The molecule has 0 bridgehead atoms. The molecule has 1 aromatic carbocycles. The van der Waals surface area contributed by atoms with Crippen molar-refractivity contribution in [3.05, 3.63) is 35.1 Å². The van der Waals surface area contributed by atoms with Crippen LogP contribution in [-0.4, -0.2) is 17.9 Å². The Hall–Kier alpha value is -1.75. The third-order valence-electron chi connectivity index (χ3n) is 2.27. The van der Waals surface area contributed by atoms with Crippen LogP contribution < -0.4 is 4.74 Å². The fourth-order valence-corrected chi connectivity index (χ4v) is 2.34. The number of hydrogen-bond acceptors (Lipinski definition) is 4. The molecule has 2 aromatic rings. The van der Waals surface area contributed by atoms with Crippen molar-refractivity contribution in [2.45, 2.75) is 6.92 Å². The molecule has 0 spiro atoms. The highest BCUT2D eigenvalue weighted by Crippen LogP contribution is 2.34. The Morgan fingerprint density at radius 2 is 2.24 bits per heavy atom. The molecule has 0 radical (unpaired) electrons. The average Bonchev–Trinajstić information content (AvgIpc) is 2.77. The van der Waals surface area contributed by atoms with Crippen molar-refractivity contribution in [1.82, 2.24) is 4.98 Å². The molecule has 0 amide bonds. The van der Waals surface area contributed by atoms with E-state index in [0.717, 1.165) is 0 Å². The van der Waals surface area contributed by atoms with Gasteiger partial charge in [0.15, 0.2) is 5.78 Å². The van der Waals surface area contributed by atoms with E-state index < -0.39 is 5.82 Å². The van der Waals surface area contributed by atoms with Gasteiger partial charge in [-0.1, -0.05) is 6.07 Å². The number of rotatable bonds is 3. The molecule has 2 rings (SSSR count). The lowest BCUT2D eigenvalue weighted by Gasteiger charge is -2.06. The first-order chi connectivity index (χ1) is 8.13. The molecule has 0 aliphatic carbocycles. The number of halogens is 1. The van der Waals surface area contributed by atoms with Crippen LogP contribution in [0.4, 0.5) is 4.39 Å². The van der Waals surface area contributed by atoms with Gasteiger partial charge in [0, 0.05) is 12.3 Å². The van der Waals surface area contributed by atoms with Gasteiger partial charge in [0.2, 0.25) is 0 Å². The van der Waals surface area contributed by atoms with Crippen molar-refractivity contribution in [1.29, 1.82) is 0 Å². The zero-order valence-electron chi connectivity index (χ0n) is 9.36. The monoisotopic (exact) mass is 251 g/mol. The summed E-state index contributed by atoms with van der Waals surface area (Å²) in [4.78, 5) is 15.2. The molecule has 0 N–H and O–H groups in total. The standard InChI is InChI=1S/C12H10FNO2S/c1-7(15)9-6-17-12(14-9)11-8(13)4-3-5-10(11)16-2/h3-6H,1-2H3. The maximum atomic E-state index is 13.7. The first-order valence-electron chi connectivity index (χ1n) is 4.93. The highest BCUT2D eigenvalue weighted by atomic mass is 32.1. The van der Waals surface area contributed by atoms with E-state index in [1.54, 1.807) is 17.5 Å². The van der Waals surface area contributed by atoms with Gasteiger partial charge in [0.25, 0.3) is 0 Å². The van der Waals surface area contributed by atoms with Crippen LogP contribution in [-0.2, 0) is 0 Å². The predicted octanol–water partition coefficient (Wildman–Crippen LogP) is 3.16. The number of nitrogens with zero attached hydrogens (tertiary/aromatic N) is 1. The van der Waals surface area contributed by atoms with Crippen LogP contribution in [0, 0.1) is 5.82 Å². The summed E-state index contributed by atoms with van der Waals surface area (Å²) in [6.07, 6.45) is 0. The van der Waals surface area contributed by atoms with Crippen LogP contribution in [0.15, 0.2) is 23.6 Å². The Kier molecular flexibility index (Phi) is 3.19. The fourth-order valence-electron chi connectivity index (χ4n) is 1.43. The van der Waals surface area contributed by atoms with E-state index in [4.69, 9.17) is 4.74 Å². The maximum Gasteiger partial charge on any atom is 0.178 e. The van der Waals surface area contributed by atoms with Crippen LogP contribution in [0.5, 0.6) is 5.75 Å². The quantitative estimate of drug-likeness (QED) is 0.786. The van der Waals surface area contributed by atoms with Gasteiger partial charge >= 0.3 is 0 Å². The number of Topliss-reactive ketones (excluding diaryl/α,β-unsaturated/α-hetero) is 1. The fraction of sp³-hybridized carbons (Fsp3) is 0.167. The number of hydrogen-bond donors (Lipinski definition) is 0. The van der Waals surface area contributed by atoms with Crippen LogP contribution in [0.25, 0.3) is 10.6 Å². The number of ketones is 1. The van der Waals surface area contributed by atoms with E-state index in [1.165, 1.54) is 31.4 Å². The molecule has 0 saturated heterocycles. The third kappa shape index (κ3) is 2.19. The average molecular weight is 251 g/mol. The Balaban J connectivity index is 2.55. The zero-order valence-corrected chi connectivity index (χ0v) is 10.2. The first-order valence-corrected chi connectivity index (χ1v) is 5.80. The molecule has 5 heteroatoms. The third-order valence-corrected chi connectivity index (χ3v) is 3.13. The summed E-state index contributed by atoms with van der Waals surface area (Å²) >= 11 is 1.22. The lowest BCUT2D eigenvalue weighted by Crippen LogP contribution is -1.94. The molecule has 0 aliphatic rings. The number of carbonyl (C=O) groups is 1. The number of methoxy groups -OCH3 is 1. The van der Waals surface area contributed by atoms with Crippen molar-refractivity contribution < 1.29 is 13.9 Å². The molecule has 0 fully saturated rings. The molecule has 0 aliphatic heterocycles. The topological polar surface area (TPSA) is 39.2 Å². The molecular formula is C12H10FNO2S. The van der Waals surface area contributed by atoms with Gasteiger partial charge in [-0.3, -0.25) is 4.79 Å². The van der Waals surface area contributed by atoms with E-state index in [1.807, 2.05) is 0 Å². The lowest BCUT2D eigenvalue weighted by molar-refractivity contribution is 0.101. The Bertz CT molecular complexity index is 565. The van der Waals surface area contributed by atoms with Gasteiger partial charge in [-0.05, 0) is 12.1 Å². The van der Waals surface area contributed by atoms with E-state index in [-0.39, 0.29) is 5.78 Å². The highest BCUT2D eigenvalue weighted by Gasteiger charge is 2.16. The molecule has 1 heterocycles. The van der Waals surface area contributed by atoms with Crippen LogP contribution >= 0.6 is 11.3 Å². The minimum absolute atomic E-state index is 0.136. The summed E-state index contributed by atoms with van der Waals surface area (Å²) in [5.74, 6) is -0.133. The SMILES string of the molecule is COc1cccc(F)c1-c1nc(C(C)=O)cs1. The Morgan fingerprint density at radius 3 is 2.82 bits per heavy atom. The summed E-state index contributed by atoms with van der Waals surface area (Å²) in [5.41, 5.74) is 0.641. The van der Waals surface area contributed by atoms with E-state index >= 15 is 0 Å². The van der Waals surface area contributed by atoms with E-state index in [9.17, 15) is 9.18 Å². The summed E-state index contributed by atoms with van der Waals surface area (Å²) in [5, 5.41) is 2.06. The Morgan fingerprint density at radius 1 is 1.47 bits per heavy atom. The number of thiazole rings is 1. The Labute approximate surface area is 102 Å². The van der Waals surface area contributed by atoms with Gasteiger partial charge in [-0.15, -0.1) is 11.3 Å². The van der Waals surface area contributed by atoms with Gasteiger partial charge in [0.05, 0.1) is 12.7 Å². The maximum absolute atomic E-state index is 13.7. The number of aromatic nitrogens is 1. The molecule has 0 atom stereocenters. The lowest BCUT2D eigenvalue weighted by atomic mass is 10.2. The highest BCUT2D eigenvalue weighted by molar-refractivity contribution is 7.13. The van der Waals surface area contributed by atoms with Crippen molar-refractivity contribution in [2.75, 3.05) is 7.11 Å². The smallest absolute Gasteiger partial charge is 0.178 e. The summed E-state index contributed by atoms with van der Waals surface area (Å²) in [6, 6.07) is 4.57. The minimum atomic E-state index is -0.409. The minimum Gasteiger partial charge on any atom is -0.496 e. The second kappa shape index (κ2) is 4.63. The normalized spacial score (nSPS) is 10.3. The summed E-state index contributed by atoms with van der Waals surface area (Å²) in [6.45, 7) is 1.43. The molecule has 88 valence electrons. The number of carbonyl (C=O) groups excluding carboxylic acids is 1. The van der Waals surface area contributed by atoms with Crippen LogP contribution in [0.1, 0.15) is 17.4 Å². The van der Waals surface area contributed by atoms with Crippen molar-refractivity contribution >= 4 is 17.1 Å². The summed E-state index contributed by atoms with van der Waals surface area (Å²) in [7, 11) is 1.47. The van der Waals surface area contributed by atoms with Gasteiger partial charge in [-0.25, -0.2) is 9.37 Å². The molecule has 0 unspecified atom stereocenters.